The number of aliphatic hydroxyl groups is 1. The number of rotatable bonds is 4. The fourth-order valence-corrected chi connectivity index (χ4v) is 3.58. The van der Waals surface area contributed by atoms with Crippen LogP contribution in [0.3, 0.4) is 0 Å². The van der Waals surface area contributed by atoms with Crippen molar-refractivity contribution in [3.8, 4) is 0 Å². The second-order valence-electron chi connectivity index (χ2n) is 6.12. The molecule has 0 spiro atoms. The molecule has 0 aliphatic carbocycles. The molecule has 0 saturated carbocycles. The Bertz CT molecular complexity index is 868. The molecule has 0 radical (unpaired) electrons. The number of piperidine rings is 1. The number of halogens is 1. The molecule has 7 nitrogen and oxygen atoms in total. The highest BCUT2D eigenvalue weighted by molar-refractivity contribution is 9.10. The first-order valence-corrected chi connectivity index (χ1v) is 9.14. The molecule has 0 bridgehead atoms. The lowest BCUT2D eigenvalue weighted by Crippen LogP contribution is -2.42. The van der Waals surface area contributed by atoms with E-state index in [2.05, 4.69) is 36.2 Å². The van der Waals surface area contributed by atoms with Gasteiger partial charge in [0.15, 0.2) is 5.65 Å². The fourth-order valence-electron chi connectivity index (χ4n) is 3.24. The van der Waals surface area contributed by atoms with E-state index in [9.17, 15) is 5.11 Å². The summed E-state index contributed by atoms with van der Waals surface area (Å²) in [6, 6.07) is 5.92. The average Bonchev–Trinajstić information content (AvgIpc) is 3.04. The first-order chi connectivity index (χ1) is 12.3. The van der Waals surface area contributed by atoms with E-state index in [4.69, 9.17) is 4.98 Å². The molecule has 1 aliphatic heterocycles. The maximum Gasteiger partial charge on any atom is 0.173 e. The average molecular weight is 403 g/mol. The summed E-state index contributed by atoms with van der Waals surface area (Å²) in [5.41, 5.74) is 1.62. The van der Waals surface area contributed by atoms with Crippen LogP contribution in [-0.2, 0) is 0 Å². The first-order valence-electron chi connectivity index (χ1n) is 8.35. The third kappa shape index (κ3) is 3.19. The summed E-state index contributed by atoms with van der Waals surface area (Å²) >= 11 is 3.52. The lowest BCUT2D eigenvalue weighted by Gasteiger charge is -2.35. The van der Waals surface area contributed by atoms with Crippen molar-refractivity contribution in [1.29, 1.82) is 0 Å². The Labute approximate surface area is 153 Å². The second kappa shape index (κ2) is 6.97. The molecule has 0 aromatic carbocycles. The van der Waals surface area contributed by atoms with Crippen molar-refractivity contribution in [1.82, 2.24) is 19.6 Å². The van der Waals surface area contributed by atoms with Crippen molar-refractivity contribution in [2.75, 3.05) is 23.4 Å². The Morgan fingerprint density at radius 3 is 3.04 bits per heavy atom. The standard InChI is InChI=1S/C17H19BrN6O/c18-14-10-20-24-16(21-12-4-3-6-19-9-12)8-15(22-17(14)24)23-7-2-1-5-13(23)11-25/h3-4,6,8-10,13,21,25H,1-2,5,7,11H2. The zero-order valence-electron chi connectivity index (χ0n) is 13.6. The van der Waals surface area contributed by atoms with Crippen LogP contribution >= 0.6 is 15.9 Å². The first kappa shape index (κ1) is 16.3. The van der Waals surface area contributed by atoms with Gasteiger partial charge in [0.05, 0.1) is 35.2 Å². The van der Waals surface area contributed by atoms with Crippen LogP contribution in [0.1, 0.15) is 19.3 Å². The summed E-state index contributed by atoms with van der Waals surface area (Å²) in [4.78, 5) is 11.1. The van der Waals surface area contributed by atoms with Crippen LogP contribution in [0.2, 0.25) is 0 Å². The van der Waals surface area contributed by atoms with E-state index >= 15 is 0 Å². The van der Waals surface area contributed by atoms with Gasteiger partial charge in [-0.1, -0.05) is 0 Å². The zero-order valence-corrected chi connectivity index (χ0v) is 15.2. The number of nitrogens with one attached hydrogen (secondary N) is 1. The van der Waals surface area contributed by atoms with Gasteiger partial charge < -0.3 is 15.3 Å². The van der Waals surface area contributed by atoms with Gasteiger partial charge in [0.25, 0.3) is 0 Å². The molecule has 25 heavy (non-hydrogen) atoms. The molecular weight excluding hydrogens is 384 g/mol. The second-order valence-corrected chi connectivity index (χ2v) is 6.97. The lowest BCUT2D eigenvalue weighted by molar-refractivity contribution is 0.239. The maximum absolute atomic E-state index is 9.73. The molecule has 4 rings (SSSR count). The van der Waals surface area contributed by atoms with Crippen molar-refractivity contribution in [2.45, 2.75) is 25.3 Å². The summed E-state index contributed by atoms with van der Waals surface area (Å²) in [6.45, 7) is 1.03. The van der Waals surface area contributed by atoms with Crippen molar-refractivity contribution in [3.63, 3.8) is 0 Å². The molecule has 3 aromatic heterocycles. The van der Waals surface area contributed by atoms with Gasteiger partial charge in [-0.15, -0.1) is 0 Å². The monoisotopic (exact) mass is 402 g/mol. The smallest absolute Gasteiger partial charge is 0.173 e. The van der Waals surface area contributed by atoms with Crippen molar-refractivity contribution >= 4 is 38.9 Å². The molecule has 1 saturated heterocycles. The molecule has 1 aliphatic rings. The van der Waals surface area contributed by atoms with Gasteiger partial charge >= 0.3 is 0 Å². The molecule has 1 fully saturated rings. The Hall–Kier alpha value is -2.19. The van der Waals surface area contributed by atoms with Crippen LogP contribution in [-0.4, -0.2) is 43.9 Å². The highest BCUT2D eigenvalue weighted by Gasteiger charge is 2.24. The summed E-state index contributed by atoms with van der Waals surface area (Å²) in [6.07, 6.45) is 8.47. The van der Waals surface area contributed by atoms with Gasteiger partial charge in [-0.3, -0.25) is 4.98 Å². The van der Waals surface area contributed by atoms with Gasteiger partial charge in [0.1, 0.15) is 11.6 Å². The molecule has 130 valence electrons. The number of aromatic nitrogens is 4. The fraction of sp³-hybridized carbons (Fsp3) is 0.353. The van der Waals surface area contributed by atoms with E-state index in [0.717, 1.165) is 53.3 Å². The highest BCUT2D eigenvalue weighted by atomic mass is 79.9. The van der Waals surface area contributed by atoms with Crippen molar-refractivity contribution in [3.05, 3.63) is 41.3 Å². The molecule has 3 aromatic rings. The van der Waals surface area contributed by atoms with E-state index in [-0.39, 0.29) is 12.6 Å². The van der Waals surface area contributed by atoms with Crippen LogP contribution < -0.4 is 10.2 Å². The number of anilines is 3. The summed E-state index contributed by atoms with van der Waals surface area (Å²) < 4.78 is 2.60. The third-order valence-corrected chi connectivity index (χ3v) is 5.04. The topological polar surface area (TPSA) is 78.6 Å². The van der Waals surface area contributed by atoms with E-state index in [1.54, 1.807) is 23.1 Å². The lowest BCUT2D eigenvalue weighted by atomic mass is 10.0. The van der Waals surface area contributed by atoms with Crippen LogP contribution in [0.25, 0.3) is 5.65 Å². The summed E-state index contributed by atoms with van der Waals surface area (Å²) in [5, 5.41) is 17.5. The molecule has 1 atom stereocenters. The normalized spacial score (nSPS) is 17.8. The van der Waals surface area contributed by atoms with Gasteiger partial charge in [-0.25, -0.2) is 4.98 Å². The van der Waals surface area contributed by atoms with Crippen molar-refractivity contribution in [2.24, 2.45) is 0 Å². The Morgan fingerprint density at radius 1 is 1.32 bits per heavy atom. The Kier molecular flexibility index (Phi) is 4.54. The molecule has 0 amide bonds. The number of aliphatic hydroxyl groups excluding tert-OH is 1. The van der Waals surface area contributed by atoms with Crippen LogP contribution in [0.5, 0.6) is 0 Å². The number of hydrogen-bond acceptors (Lipinski definition) is 6. The molecular formula is C17H19BrN6O. The third-order valence-electron chi connectivity index (χ3n) is 4.48. The van der Waals surface area contributed by atoms with Gasteiger partial charge in [-0.05, 0) is 47.3 Å². The van der Waals surface area contributed by atoms with Gasteiger partial charge in [-0.2, -0.15) is 9.61 Å². The van der Waals surface area contributed by atoms with E-state index in [1.165, 1.54) is 0 Å². The largest absolute Gasteiger partial charge is 0.394 e. The predicted octanol–water partition coefficient (Wildman–Crippen LogP) is 2.98. The zero-order chi connectivity index (χ0) is 17.2. The van der Waals surface area contributed by atoms with E-state index in [1.807, 2.05) is 18.2 Å². The minimum Gasteiger partial charge on any atom is -0.394 e. The molecule has 1 unspecified atom stereocenters. The number of nitrogens with zero attached hydrogens (tertiary/aromatic N) is 5. The minimum atomic E-state index is 0.108. The van der Waals surface area contributed by atoms with Gasteiger partial charge in [0, 0.05) is 18.8 Å². The van der Waals surface area contributed by atoms with Gasteiger partial charge in [0.2, 0.25) is 0 Å². The van der Waals surface area contributed by atoms with E-state index in [0.29, 0.717) is 0 Å². The predicted molar refractivity (Wildman–Crippen MR) is 100 cm³/mol. The Balaban J connectivity index is 1.78. The number of hydrogen-bond donors (Lipinski definition) is 2. The maximum atomic E-state index is 9.73. The summed E-state index contributed by atoms with van der Waals surface area (Å²) in [7, 11) is 0. The molecule has 4 heterocycles. The Morgan fingerprint density at radius 2 is 2.24 bits per heavy atom. The number of fused-ring (bicyclic) bond motifs is 1. The van der Waals surface area contributed by atoms with Crippen LogP contribution in [0.15, 0.2) is 41.3 Å². The molecule has 2 N–H and O–H groups in total. The number of pyridine rings is 1. The van der Waals surface area contributed by atoms with E-state index < -0.39 is 0 Å². The van der Waals surface area contributed by atoms with Crippen molar-refractivity contribution < 1.29 is 5.11 Å². The minimum absolute atomic E-state index is 0.108. The SMILES string of the molecule is OCC1CCCCN1c1cc(Nc2cccnc2)n2ncc(Br)c2n1. The summed E-state index contributed by atoms with van der Waals surface area (Å²) in [5.74, 6) is 1.65. The quantitative estimate of drug-likeness (QED) is 0.698. The van der Waals surface area contributed by atoms with Crippen LogP contribution in [0.4, 0.5) is 17.3 Å². The van der Waals surface area contributed by atoms with Crippen LogP contribution in [0, 0.1) is 0 Å². The molecule has 8 heteroatoms. The highest BCUT2D eigenvalue weighted by Crippen LogP contribution is 2.29.